The molecule has 0 fully saturated rings. The number of aromatic nitrogens is 5. The molecule has 0 saturated carbocycles. The molecule has 27 heavy (non-hydrogen) atoms. The highest BCUT2D eigenvalue weighted by Gasteiger charge is 2.21. The Morgan fingerprint density at radius 2 is 2.00 bits per heavy atom. The van der Waals surface area contributed by atoms with Crippen LogP contribution in [0.5, 0.6) is 5.88 Å². The lowest BCUT2D eigenvalue weighted by Gasteiger charge is -2.27. The molecule has 3 aromatic heterocycles. The smallest absolute Gasteiger partial charge is 0.237 e. The number of nitrogens with one attached hydrogen (secondary N) is 2. The van der Waals surface area contributed by atoms with E-state index in [-0.39, 0.29) is 6.10 Å². The molecule has 0 saturated heterocycles. The molecule has 2 atom stereocenters. The first-order valence-electron chi connectivity index (χ1n) is 9.17. The van der Waals surface area contributed by atoms with Crippen LogP contribution in [0.2, 0.25) is 0 Å². The Bertz CT molecular complexity index is 916. The third-order valence-corrected chi connectivity index (χ3v) is 4.80. The van der Waals surface area contributed by atoms with Crippen LogP contribution in [0.3, 0.4) is 0 Å². The zero-order chi connectivity index (χ0) is 18.8. The maximum Gasteiger partial charge on any atom is 0.237 e. The molecule has 8 nitrogen and oxygen atoms in total. The first-order chi connectivity index (χ1) is 13.1. The highest BCUT2D eigenvalue weighted by Crippen LogP contribution is 2.31. The molecule has 142 valence electrons. The molecule has 8 heteroatoms. The van der Waals surface area contributed by atoms with Gasteiger partial charge in [-0.2, -0.15) is 10.2 Å². The molecule has 0 aromatic carbocycles. The molecule has 0 bridgehead atoms. The Morgan fingerprint density at radius 1 is 1.19 bits per heavy atom. The van der Waals surface area contributed by atoms with Crippen molar-refractivity contribution in [1.82, 2.24) is 29.9 Å². The van der Waals surface area contributed by atoms with Crippen LogP contribution in [-0.2, 0) is 14.1 Å². The van der Waals surface area contributed by atoms with Crippen molar-refractivity contribution in [1.29, 1.82) is 0 Å². The van der Waals surface area contributed by atoms with E-state index >= 15 is 0 Å². The molecular formula is C19H25N7O. The summed E-state index contributed by atoms with van der Waals surface area (Å²) in [6.45, 7) is 4.59. The number of rotatable bonds is 6. The van der Waals surface area contributed by atoms with Crippen molar-refractivity contribution in [2.75, 3.05) is 25.0 Å². The fraction of sp³-hybridized carbons (Fsp3) is 0.421. The molecule has 4 rings (SSSR count). The van der Waals surface area contributed by atoms with E-state index in [1.54, 1.807) is 4.68 Å². The minimum atomic E-state index is 0.0512. The number of aryl methyl sites for hydroxylation is 2. The zero-order valence-electron chi connectivity index (χ0n) is 15.9. The van der Waals surface area contributed by atoms with Gasteiger partial charge in [-0.15, -0.1) is 0 Å². The second kappa shape index (κ2) is 7.40. The Kier molecular flexibility index (Phi) is 4.81. The Morgan fingerprint density at radius 3 is 2.74 bits per heavy atom. The van der Waals surface area contributed by atoms with Gasteiger partial charge in [-0.05, 0) is 17.5 Å². The van der Waals surface area contributed by atoms with Crippen LogP contribution in [0, 0.1) is 0 Å². The predicted octanol–water partition coefficient (Wildman–Crippen LogP) is 1.78. The standard InChI is InChI=1S/C19H25N7O/c1-13(15-7-23-25(2)11-15)5-20-9-17-10-21-18-4-14(6-22-19(18)27-17)16-8-24-26(3)12-16/h4,6-8,11-13,17,20-21H,5,9-10H2,1-3H3/t13-,17+/m0/s1. The summed E-state index contributed by atoms with van der Waals surface area (Å²) in [4.78, 5) is 4.49. The Labute approximate surface area is 158 Å². The van der Waals surface area contributed by atoms with Crippen LogP contribution in [0.4, 0.5) is 5.69 Å². The van der Waals surface area contributed by atoms with Gasteiger partial charge in [0.15, 0.2) is 0 Å². The Balaban J connectivity index is 1.32. The molecule has 0 amide bonds. The van der Waals surface area contributed by atoms with E-state index in [9.17, 15) is 0 Å². The molecular weight excluding hydrogens is 342 g/mol. The van der Waals surface area contributed by atoms with Crippen LogP contribution >= 0.6 is 0 Å². The molecule has 0 unspecified atom stereocenters. The monoisotopic (exact) mass is 367 g/mol. The molecule has 2 N–H and O–H groups in total. The second-order valence-corrected chi connectivity index (χ2v) is 7.11. The number of hydrogen-bond acceptors (Lipinski definition) is 6. The van der Waals surface area contributed by atoms with Gasteiger partial charge < -0.3 is 15.4 Å². The minimum absolute atomic E-state index is 0.0512. The van der Waals surface area contributed by atoms with Crippen molar-refractivity contribution >= 4 is 5.69 Å². The lowest BCUT2D eigenvalue weighted by atomic mass is 10.1. The van der Waals surface area contributed by atoms with Crippen LogP contribution in [0.15, 0.2) is 37.1 Å². The molecule has 1 aliphatic rings. The third-order valence-electron chi connectivity index (χ3n) is 4.80. The van der Waals surface area contributed by atoms with E-state index in [4.69, 9.17) is 4.74 Å². The fourth-order valence-corrected chi connectivity index (χ4v) is 3.21. The Hall–Kier alpha value is -2.87. The lowest BCUT2D eigenvalue weighted by Crippen LogP contribution is -2.40. The molecule has 0 aliphatic carbocycles. The van der Waals surface area contributed by atoms with Crippen LogP contribution in [0.1, 0.15) is 18.4 Å². The topological polar surface area (TPSA) is 81.8 Å². The zero-order valence-corrected chi connectivity index (χ0v) is 15.9. The van der Waals surface area contributed by atoms with Crippen LogP contribution in [0.25, 0.3) is 11.1 Å². The summed E-state index contributed by atoms with van der Waals surface area (Å²) in [5.41, 5.74) is 4.24. The average Bonchev–Trinajstić information content (AvgIpc) is 3.29. The third kappa shape index (κ3) is 3.95. The number of hydrogen-bond donors (Lipinski definition) is 2. The first-order valence-corrected chi connectivity index (χ1v) is 9.17. The largest absolute Gasteiger partial charge is 0.470 e. The molecule has 4 heterocycles. The number of nitrogens with zero attached hydrogens (tertiary/aromatic N) is 5. The summed E-state index contributed by atoms with van der Waals surface area (Å²) >= 11 is 0. The van der Waals surface area contributed by atoms with Gasteiger partial charge in [-0.1, -0.05) is 6.92 Å². The van der Waals surface area contributed by atoms with E-state index in [0.717, 1.165) is 36.4 Å². The van der Waals surface area contributed by atoms with Gasteiger partial charge in [0.05, 0.1) is 24.6 Å². The number of ether oxygens (including phenoxy) is 1. The summed E-state index contributed by atoms with van der Waals surface area (Å²) in [6, 6.07) is 2.06. The SMILES string of the molecule is C[C@@H](CNC[C@@H]1CNc2cc(-c3cnn(C)c3)cnc2O1)c1cnn(C)c1. The van der Waals surface area contributed by atoms with Gasteiger partial charge in [0.1, 0.15) is 6.10 Å². The van der Waals surface area contributed by atoms with Crippen molar-refractivity contribution in [2.24, 2.45) is 14.1 Å². The summed E-state index contributed by atoms with van der Waals surface area (Å²) < 4.78 is 9.67. The van der Waals surface area contributed by atoms with Gasteiger partial charge in [-0.3, -0.25) is 9.36 Å². The maximum atomic E-state index is 6.05. The number of fused-ring (bicyclic) bond motifs is 1. The highest BCUT2D eigenvalue weighted by molar-refractivity contribution is 5.69. The molecule has 0 spiro atoms. The van der Waals surface area contributed by atoms with Crippen LogP contribution < -0.4 is 15.4 Å². The van der Waals surface area contributed by atoms with Gasteiger partial charge in [0.2, 0.25) is 5.88 Å². The molecule has 1 aliphatic heterocycles. The summed E-state index contributed by atoms with van der Waals surface area (Å²) in [6.07, 6.45) is 9.68. The van der Waals surface area contributed by atoms with E-state index < -0.39 is 0 Å². The van der Waals surface area contributed by atoms with E-state index in [0.29, 0.717) is 11.8 Å². The highest BCUT2D eigenvalue weighted by atomic mass is 16.5. The second-order valence-electron chi connectivity index (χ2n) is 7.11. The number of pyridine rings is 1. The van der Waals surface area contributed by atoms with Crippen molar-refractivity contribution in [2.45, 2.75) is 18.9 Å². The lowest BCUT2D eigenvalue weighted by molar-refractivity contribution is 0.193. The van der Waals surface area contributed by atoms with E-state index in [2.05, 4.69) is 45.0 Å². The molecule has 0 radical (unpaired) electrons. The summed E-state index contributed by atoms with van der Waals surface area (Å²) in [5.74, 6) is 1.06. The van der Waals surface area contributed by atoms with Gasteiger partial charge in [-0.25, -0.2) is 4.98 Å². The maximum absolute atomic E-state index is 6.05. The van der Waals surface area contributed by atoms with Crippen LogP contribution in [-0.4, -0.2) is 50.3 Å². The van der Waals surface area contributed by atoms with Gasteiger partial charge >= 0.3 is 0 Å². The predicted molar refractivity (Wildman–Crippen MR) is 104 cm³/mol. The van der Waals surface area contributed by atoms with Gasteiger partial charge in [0.25, 0.3) is 0 Å². The van der Waals surface area contributed by atoms with Crippen molar-refractivity contribution in [3.05, 3.63) is 42.6 Å². The van der Waals surface area contributed by atoms with Gasteiger partial charge in [0, 0.05) is 56.9 Å². The van der Waals surface area contributed by atoms with Crippen molar-refractivity contribution < 1.29 is 4.74 Å². The molecule has 3 aromatic rings. The normalized spacial score (nSPS) is 17.1. The van der Waals surface area contributed by atoms with Crippen molar-refractivity contribution in [3.63, 3.8) is 0 Å². The first kappa shape index (κ1) is 17.5. The quantitative estimate of drug-likeness (QED) is 0.691. The minimum Gasteiger partial charge on any atom is -0.470 e. The van der Waals surface area contributed by atoms with E-state index in [1.165, 1.54) is 5.56 Å². The van der Waals surface area contributed by atoms with E-state index in [1.807, 2.05) is 43.6 Å². The summed E-state index contributed by atoms with van der Waals surface area (Å²) in [5, 5.41) is 15.4. The number of anilines is 1. The average molecular weight is 367 g/mol. The summed E-state index contributed by atoms with van der Waals surface area (Å²) in [7, 11) is 3.85. The van der Waals surface area contributed by atoms with Crippen molar-refractivity contribution in [3.8, 4) is 17.0 Å². The fourth-order valence-electron chi connectivity index (χ4n) is 3.21.